The minimum Gasteiger partial charge on any atom is -0.395 e. The maximum atomic E-state index is 13.1. The third-order valence-corrected chi connectivity index (χ3v) is 4.38. The number of nitrogens with zero attached hydrogens (tertiary/aromatic N) is 1. The Morgan fingerprint density at radius 3 is 2.89 bits per heavy atom. The van der Waals surface area contributed by atoms with Crippen LogP contribution in [0.3, 0.4) is 0 Å². The van der Waals surface area contributed by atoms with E-state index in [9.17, 15) is 9.18 Å². The van der Waals surface area contributed by atoms with Crippen LogP contribution in [0.2, 0.25) is 0 Å². The molecule has 3 nitrogen and oxygen atoms in total. The molecule has 1 amide bonds. The van der Waals surface area contributed by atoms with Crippen LogP contribution in [0.1, 0.15) is 22.5 Å². The average molecular weight is 279 g/mol. The Bertz CT molecular complexity index is 621. The number of benzene rings is 1. The molecule has 1 N–H and O–H groups in total. The van der Waals surface area contributed by atoms with Crippen molar-refractivity contribution in [2.24, 2.45) is 0 Å². The largest absolute Gasteiger partial charge is 0.395 e. The molecule has 100 valence electrons. The van der Waals surface area contributed by atoms with Crippen molar-refractivity contribution in [3.05, 3.63) is 35.0 Å². The lowest BCUT2D eigenvalue weighted by atomic mass is 10.2. The summed E-state index contributed by atoms with van der Waals surface area (Å²) in [6, 6.07) is 6.54. The van der Waals surface area contributed by atoms with Gasteiger partial charge in [0.25, 0.3) is 5.91 Å². The maximum absolute atomic E-state index is 13.1. The number of carbonyl (C=O) groups excluding carboxylic acids is 1. The molecule has 1 heterocycles. The number of amides is 1. The van der Waals surface area contributed by atoms with Gasteiger partial charge in [-0.15, -0.1) is 11.3 Å². The van der Waals surface area contributed by atoms with E-state index in [1.165, 1.54) is 23.5 Å². The molecule has 0 unspecified atom stereocenters. The topological polar surface area (TPSA) is 40.5 Å². The van der Waals surface area contributed by atoms with Crippen molar-refractivity contribution in [2.75, 3.05) is 13.2 Å². The van der Waals surface area contributed by atoms with E-state index in [0.717, 1.165) is 22.9 Å². The molecule has 1 aliphatic carbocycles. The van der Waals surface area contributed by atoms with Crippen LogP contribution < -0.4 is 0 Å². The highest BCUT2D eigenvalue weighted by molar-refractivity contribution is 7.20. The summed E-state index contributed by atoms with van der Waals surface area (Å²) in [4.78, 5) is 14.7. The summed E-state index contributed by atoms with van der Waals surface area (Å²) in [6.07, 6.45) is 2.01. The molecule has 3 rings (SSSR count). The fourth-order valence-corrected chi connectivity index (χ4v) is 3.20. The number of carbonyl (C=O) groups is 1. The summed E-state index contributed by atoms with van der Waals surface area (Å²) in [5, 5.41) is 9.80. The fourth-order valence-electron chi connectivity index (χ4n) is 2.21. The van der Waals surface area contributed by atoms with Gasteiger partial charge >= 0.3 is 0 Å². The first-order chi connectivity index (χ1) is 9.19. The lowest BCUT2D eigenvalue weighted by Gasteiger charge is -2.20. The SMILES string of the molecule is O=C(c1cc2cc(F)ccc2s1)N(CCO)C1CC1. The number of fused-ring (bicyclic) bond motifs is 1. The van der Waals surface area contributed by atoms with E-state index in [0.29, 0.717) is 11.4 Å². The van der Waals surface area contributed by atoms with Gasteiger partial charge in [-0.3, -0.25) is 4.79 Å². The van der Waals surface area contributed by atoms with Gasteiger partial charge in [-0.2, -0.15) is 0 Å². The second kappa shape index (κ2) is 4.90. The highest BCUT2D eigenvalue weighted by Gasteiger charge is 2.33. The molecule has 2 aromatic rings. The van der Waals surface area contributed by atoms with Crippen LogP contribution in [0.15, 0.2) is 24.3 Å². The van der Waals surface area contributed by atoms with Crippen molar-refractivity contribution >= 4 is 27.3 Å². The molecular weight excluding hydrogens is 265 g/mol. The Balaban J connectivity index is 1.91. The lowest BCUT2D eigenvalue weighted by molar-refractivity contribution is 0.0712. The summed E-state index contributed by atoms with van der Waals surface area (Å²) in [5.74, 6) is -0.350. The van der Waals surface area contributed by atoms with E-state index in [1.54, 1.807) is 17.0 Å². The van der Waals surface area contributed by atoms with E-state index in [1.807, 2.05) is 0 Å². The predicted octanol–water partition coefficient (Wildman–Crippen LogP) is 2.64. The van der Waals surface area contributed by atoms with Gasteiger partial charge < -0.3 is 10.0 Å². The minimum absolute atomic E-state index is 0.0260. The van der Waals surface area contributed by atoms with Gasteiger partial charge in [0.15, 0.2) is 0 Å². The van der Waals surface area contributed by atoms with Gasteiger partial charge in [-0.1, -0.05) is 0 Å². The van der Waals surface area contributed by atoms with Crippen LogP contribution in [0, 0.1) is 5.82 Å². The Labute approximate surface area is 114 Å². The van der Waals surface area contributed by atoms with E-state index in [-0.39, 0.29) is 24.4 Å². The second-order valence-corrected chi connectivity index (χ2v) is 5.83. The number of halogens is 1. The van der Waals surface area contributed by atoms with E-state index in [2.05, 4.69) is 0 Å². The van der Waals surface area contributed by atoms with Crippen LogP contribution in [-0.4, -0.2) is 35.1 Å². The molecule has 0 saturated heterocycles. The van der Waals surface area contributed by atoms with Crippen LogP contribution in [-0.2, 0) is 0 Å². The molecule has 1 saturated carbocycles. The van der Waals surface area contributed by atoms with Gasteiger partial charge in [0, 0.05) is 17.3 Å². The van der Waals surface area contributed by atoms with Crippen LogP contribution in [0.5, 0.6) is 0 Å². The number of hydrogen-bond acceptors (Lipinski definition) is 3. The van der Waals surface area contributed by atoms with E-state index < -0.39 is 0 Å². The van der Waals surface area contributed by atoms with Crippen LogP contribution >= 0.6 is 11.3 Å². The summed E-state index contributed by atoms with van der Waals surface area (Å²) in [5.41, 5.74) is 0. The Morgan fingerprint density at radius 1 is 1.42 bits per heavy atom. The Hall–Kier alpha value is -1.46. The first-order valence-corrected chi connectivity index (χ1v) is 7.11. The molecule has 19 heavy (non-hydrogen) atoms. The highest BCUT2D eigenvalue weighted by Crippen LogP contribution is 2.32. The predicted molar refractivity (Wildman–Crippen MR) is 72.9 cm³/mol. The third kappa shape index (κ3) is 2.48. The van der Waals surface area contributed by atoms with Crippen molar-refractivity contribution in [3.63, 3.8) is 0 Å². The summed E-state index contributed by atoms with van der Waals surface area (Å²) >= 11 is 1.37. The standard InChI is InChI=1S/C14H14FNO2S/c15-10-1-4-12-9(7-10)8-13(19-12)14(18)16(5-6-17)11-2-3-11/h1,4,7-8,11,17H,2-3,5-6H2. The van der Waals surface area contributed by atoms with Crippen molar-refractivity contribution < 1.29 is 14.3 Å². The first-order valence-electron chi connectivity index (χ1n) is 6.30. The molecule has 0 bridgehead atoms. The molecule has 1 aromatic heterocycles. The normalized spacial score (nSPS) is 14.8. The fraction of sp³-hybridized carbons (Fsp3) is 0.357. The molecule has 5 heteroatoms. The number of aliphatic hydroxyl groups is 1. The molecule has 0 radical (unpaired) electrons. The molecule has 1 aromatic carbocycles. The summed E-state index contributed by atoms with van der Waals surface area (Å²) in [7, 11) is 0. The van der Waals surface area contributed by atoms with Crippen molar-refractivity contribution in [1.82, 2.24) is 4.90 Å². The monoisotopic (exact) mass is 279 g/mol. The van der Waals surface area contributed by atoms with Gasteiger partial charge in [0.2, 0.25) is 0 Å². The zero-order chi connectivity index (χ0) is 13.4. The highest BCUT2D eigenvalue weighted by atomic mass is 32.1. The van der Waals surface area contributed by atoms with E-state index >= 15 is 0 Å². The number of aliphatic hydroxyl groups excluding tert-OH is 1. The zero-order valence-corrected chi connectivity index (χ0v) is 11.1. The smallest absolute Gasteiger partial charge is 0.264 e. The first kappa shape index (κ1) is 12.6. The number of rotatable bonds is 4. The minimum atomic E-state index is -0.293. The molecule has 1 fully saturated rings. The molecule has 0 atom stereocenters. The quantitative estimate of drug-likeness (QED) is 0.934. The molecule has 0 spiro atoms. The van der Waals surface area contributed by atoms with Gasteiger partial charge in [0.05, 0.1) is 11.5 Å². The lowest BCUT2D eigenvalue weighted by Crippen LogP contribution is -2.34. The molecular formula is C14H14FNO2S. The third-order valence-electron chi connectivity index (χ3n) is 3.28. The summed E-state index contributed by atoms with van der Waals surface area (Å²) < 4.78 is 14.0. The van der Waals surface area contributed by atoms with Crippen molar-refractivity contribution in [2.45, 2.75) is 18.9 Å². The summed E-state index contributed by atoms with van der Waals surface area (Å²) in [6.45, 7) is 0.341. The van der Waals surface area contributed by atoms with Crippen molar-refractivity contribution in [1.29, 1.82) is 0 Å². The zero-order valence-electron chi connectivity index (χ0n) is 10.3. The van der Waals surface area contributed by atoms with Gasteiger partial charge in [0.1, 0.15) is 5.82 Å². The van der Waals surface area contributed by atoms with Gasteiger partial charge in [-0.25, -0.2) is 4.39 Å². The number of thiophene rings is 1. The van der Waals surface area contributed by atoms with E-state index in [4.69, 9.17) is 5.11 Å². The van der Waals surface area contributed by atoms with Crippen LogP contribution in [0.4, 0.5) is 4.39 Å². The second-order valence-electron chi connectivity index (χ2n) is 4.75. The van der Waals surface area contributed by atoms with Crippen molar-refractivity contribution in [3.8, 4) is 0 Å². The Morgan fingerprint density at radius 2 is 2.21 bits per heavy atom. The Kier molecular flexibility index (Phi) is 3.24. The number of hydrogen-bond donors (Lipinski definition) is 1. The van der Waals surface area contributed by atoms with Gasteiger partial charge in [-0.05, 0) is 42.5 Å². The average Bonchev–Trinajstić information content (AvgIpc) is 3.14. The molecule has 1 aliphatic rings. The molecule has 0 aliphatic heterocycles. The maximum Gasteiger partial charge on any atom is 0.264 e. The van der Waals surface area contributed by atoms with Crippen LogP contribution in [0.25, 0.3) is 10.1 Å².